The second-order valence-corrected chi connectivity index (χ2v) is 10.5. The first-order chi connectivity index (χ1) is 17.8. The number of azide groups is 1. The molecular weight excluding hydrogens is 473 g/mol. The summed E-state index contributed by atoms with van der Waals surface area (Å²) in [7, 11) is 1.58. The van der Waals surface area contributed by atoms with Gasteiger partial charge in [-0.3, -0.25) is 0 Å². The van der Waals surface area contributed by atoms with E-state index in [1.807, 2.05) is 12.1 Å². The minimum Gasteiger partial charge on any atom is -0.497 e. The van der Waals surface area contributed by atoms with Crippen LogP contribution in [0.2, 0.25) is 0 Å². The summed E-state index contributed by atoms with van der Waals surface area (Å²) < 4.78 is 38.8. The van der Waals surface area contributed by atoms with Crippen LogP contribution < -0.4 is 4.74 Å². The molecule has 0 N–H and O–H groups in total. The molecule has 8 heteroatoms. The van der Waals surface area contributed by atoms with Gasteiger partial charge in [0.2, 0.25) is 0 Å². The number of benzene rings is 2. The lowest BCUT2D eigenvalue weighted by atomic mass is 9.81. The number of hydrogen-bond donors (Lipinski definition) is 0. The molecule has 2 unspecified atom stereocenters. The van der Waals surface area contributed by atoms with Crippen molar-refractivity contribution in [2.24, 2.45) is 10.5 Å². The zero-order chi connectivity index (χ0) is 26.7. The van der Waals surface area contributed by atoms with Gasteiger partial charge in [-0.05, 0) is 77.9 Å². The van der Waals surface area contributed by atoms with Crippen molar-refractivity contribution < 1.29 is 23.3 Å². The molecule has 37 heavy (non-hydrogen) atoms. The molecule has 1 saturated heterocycles. The summed E-state index contributed by atoms with van der Waals surface area (Å²) in [6.45, 7) is 8.57. The Balaban J connectivity index is 1.90. The maximum Gasteiger partial charge on any atom is 0.158 e. The SMILES string of the molecule is COc1ccc(F)c(-c2ccc(COC3CCCCO3)cc2C(OCCCCCN=[N+]=[N-])C(C)(C)C)c1. The Morgan fingerprint density at radius 2 is 1.95 bits per heavy atom. The van der Waals surface area contributed by atoms with E-state index in [0.717, 1.165) is 61.8 Å². The van der Waals surface area contributed by atoms with Gasteiger partial charge in [0.05, 0.1) is 19.8 Å². The van der Waals surface area contributed by atoms with Gasteiger partial charge in [-0.1, -0.05) is 50.5 Å². The highest BCUT2D eigenvalue weighted by Crippen LogP contribution is 2.42. The van der Waals surface area contributed by atoms with Gasteiger partial charge >= 0.3 is 0 Å². The first-order valence-corrected chi connectivity index (χ1v) is 13.2. The fraction of sp³-hybridized carbons (Fsp3) is 0.586. The molecule has 1 aliphatic rings. The van der Waals surface area contributed by atoms with Crippen LogP contribution in [0.25, 0.3) is 21.6 Å². The summed E-state index contributed by atoms with van der Waals surface area (Å²) in [4.78, 5) is 2.80. The first kappa shape index (κ1) is 28.9. The van der Waals surface area contributed by atoms with Crippen molar-refractivity contribution in [1.29, 1.82) is 0 Å². The molecule has 0 saturated carbocycles. The largest absolute Gasteiger partial charge is 0.497 e. The highest BCUT2D eigenvalue weighted by Gasteiger charge is 2.30. The minimum absolute atomic E-state index is 0.187. The highest BCUT2D eigenvalue weighted by molar-refractivity contribution is 5.70. The summed E-state index contributed by atoms with van der Waals surface area (Å²) in [5.41, 5.74) is 11.4. The smallest absolute Gasteiger partial charge is 0.158 e. The molecule has 0 aromatic heterocycles. The number of rotatable bonds is 13. The van der Waals surface area contributed by atoms with Crippen molar-refractivity contribution in [3.8, 4) is 16.9 Å². The van der Waals surface area contributed by atoms with E-state index in [0.29, 0.717) is 31.1 Å². The molecule has 7 nitrogen and oxygen atoms in total. The van der Waals surface area contributed by atoms with Crippen molar-refractivity contribution in [3.63, 3.8) is 0 Å². The number of nitrogens with zero attached hydrogens (tertiary/aromatic N) is 3. The quantitative estimate of drug-likeness (QED) is 0.117. The topological polar surface area (TPSA) is 85.7 Å². The second-order valence-electron chi connectivity index (χ2n) is 10.5. The molecule has 2 atom stereocenters. The number of hydrogen-bond acceptors (Lipinski definition) is 5. The monoisotopic (exact) mass is 513 g/mol. The van der Waals surface area contributed by atoms with Crippen molar-refractivity contribution >= 4 is 0 Å². The first-order valence-electron chi connectivity index (χ1n) is 13.2. The average Bonchev–Trinajstić information content (AvgIpc) is 2.89. The molecule has 0 spiro atoms. The van der Waals surface area contributed by atoms with Crippen molar-refractivity contribution in [2.45, 2.75) is 78.3 Å². The maximum atomic E-state index is 15.1. The zero-order valence-corrected chi connectivity index (χ0v) is 22.5. The Morgan fingerprint density at radius 1 is 1.11 bits per heavy atom. The van der Waals surface area contributed by atoms with Crippen LogP contribution in [0.3, 0.4) is 0 Å². The van der Waals surface area contributed by atoms with Crippen molar-refractivity contribution in [2.75, 3.05) is 26.9 Å². The van der Waals surface area contributed by atoms with Crippen LogP contribution in [0.1, 0.15) is 76.5 Å². The number of ether oxygens (including phenoxy) is 4. The van der Waals surface area contributed by atoms with Crippen molar-refractivity contribution in [1.82, 2.24) is 0 Å². The number of halogens is 1. The van der Waals surface area contributed by atoms with Gasteiger partial charge in [-0.15, -0.1) is 0 Å². The van der Waals surface area contributed by atoms with E-state index in [2.05, 4.69) is 36.9 Å². The Hall–Kier alpha value is -2.64. The predicted molar refractivity (Wildman–Crippen MR) is 143 cm³/mol. The average molecular weight is 514 g/mol. The molecule has 0 bridgehead atoms. The van der Waals surface area contributed by atoms with E-state index < -0.39 is 0 Å². The van der Waals surface area contributed by atoms with E-state index in [9.17, 15) is 0 Å². The van der Waals surface area contributed by atoms with E-state index in [4.69, 9.17) is 24.5 Å². The van der Waals surface area contributed by atoms with Gasteiger partial charge in [0.1, 0.15) is 11.6 Å². The molecule has 202 valence electrons. The summed E-state index contributed by atoms with van der Waals surface area (Å²) >= 11 is 0. The second kappa shape index (κ2) is 14.3. The van der Waals surface area contributed by atoms with Gasteiger partial charge in [0.25, 0.3) is 0 Å². The fourth-order valence-corrected chi connectivity index (χ4v) is 4.55. The van der Waals surface area contributed by atoms with E-state index in [-0.39, 0.29) is 23.6 Å². The van der Waals surface area contributed by atoms with Crippen LogP contribution in [0.15, 0.2) is 41.5 Å². The Labute approximate surface area is 219 Å². The van der Waals surface area contributed by atoms with Gasteiger partial charge in [0, 0.05) is 30.2 Å². The molecule has 1 fully saturated rings. The molecular formula is C29H40FN3O4. The summed E-state index contributed by atoms with van der Waals surface area (Å²) in [5.74, 6) is 0.282. The Bertz CT molecular complexity index is 1040. The number of methoxy groups -OCH3 is 1. The molecule has 2 aromatic rings. The molecule has 0 amide bonds. The number of unbranched alkanes of at least 4 members (excludes halogenated alkanes) is 2. The Kier molecular flexibility index (Phi) is 11.2. The predicted octanol–water partition coefficient (Wildman–Crippen LogP) is 8.13. The maximum absolute atomic E-state index is 15.1. The van der Waals surface area contributed by atoms with Gasteiger partial charge in [-0.2, -0.15) is 0 Å². The van der Waals surface area contributed by atoms with Crippen molar-refractivity contribution in [3.05, 3.63) is 63.8 Å². The summed E-state index contributed by atoms with van der Waals surface area (Å²) in [6, 6.07) is 10.8. The standard InChI is InChI=1S/C29H40FN3O4/c1-29(2,3)28(36-17-8-5-7-15-32-33-31)25-18-21(20-37-27-10-6-9-16-35-27)11-13-23(25)24-19-22(34-4)12-14-26(24)30/h11-14,18-19,27-28H,5-10,15-17,20H2,1-4H3. The lowest BCUT2D eigenvalue weighted by Gasteiger charge is -2.33. The normalized spacial score (nSPS) is 16.7. The van der Waals surface area contributed by atoms with Crippen LogP contribution in [0.4, 0.5) is 4.39 Å². The molecule has 1 heterocycles. The summed E-state index contributed by atoms with van der Waals surface area (Å²) in [5, 5.41) is 3.59. The van der Waals surface area contributed by atoms with Crippen LogP contribution in [-0.4, -0.2) is 33.2 Å². The molecule has 0 aliphatic carbocycles. The van der Waals surface area contributed by atoms with Crippen LogP contribution in [-0.2, 0) is 20.8 Å². The third-order valence-corrected chi connectivity index (χ3v) is 6.47. The third-order valence-electron chi connectivity index (χ3n) is 6.47. The summed E-state index contributed by atoms with van der Waals surface area (Å²) in [6.07, 6.45) is 5.18. The zero-order valence-electron chi connectivity index (χ0n) is 22.5. The van der Waals surface area contributed by atoms with Crippen LogP contribution in [0, 0.1) is 11.2 Å². The molecule has 2 aromatic carbocycles. The fourth-order valence-electron chi connectivity index (χ4n) is 4.55. The third kappa shape index (κ3) is 8.71. The van der Waals surface area contributed by atoms with Gasteiger partial charge in [-0.25, -0.2) is 4.39 Å². The van der Waals surface area contributed by atoms with Gasteiger partial charge < -0.3 is 18.9 Å². The highest BCUT2D eigenvalue weighted by atomic mass is 19.1. The molecule has 1 aliphatic heterocycles. The van der Waals surface area contributed by atoms with Crippen LogP contribution in [0.5, 0.6) is 5.75 Å². The van der Waals surface area contributed by atoms with E-state index in [1.165, 1.54) is 6.07 Å². The Morgan fingerprint density at radius 3 is 2.65 bits per heavy atom. The molecule has 0 radical (unpaired) electrons. The van der Waals surface area contributed by atoms with E-state index in [1.54, 1.807) is 19.2 Å². The lowest BCUT2D eigenvalue weighted by molar-refractivity contribution is -0.168. The van der Waals surface area contributed by atoms with Gasteiger partial charge in [0.15, 0.2) is 6.29 Å². The molecule has 3 rings (SSSR count). The van der Waals surface area contributed by atoms with E-state index >= 15 is 4.39 Å². The lowest BCUT2D eigenvalue weighted by Crippen LogP contribution is -2.24. The van der Waals surface area contributed by atoms with Crippen LogP contribution >= 0.6 is 0 Å². The minimum atomic E-state index is -0.313.